The summed E-state index contributed by atoms with van der Waals surface area (Å²) in [7, 11) is 1.80. The first-order valence-electron chi connectivity index (χ1n) is 11.1. The molecule has 0 spiro atoms. The van der Waals surface area contributed by atoms with Gasteiger partial charge in [-0.2, -0.15) is 4.98 Å². The minimum atomic E-state index is -1.00. The average molecular weight is 449 g/mol. The van der Waals surface area contributed by atoms with Crippen molar-refractivity contribution in [1.82, 2.24) is 34.4 Å². The Labute approximate surface area is 189 Å². The van der Waals surface area contributed by atoms with Gasteiger partial charge in [-0.15, -0.1) is 5.10 Å². The summed E-state index contributed by atoms with van der Waals surface area (Å²) in [5, 5.41) is 11.0. The van der Waals surface area contributed by atoms with E-state index in [-0.39, 0.29) is 6.04 Å². The largest absolute Gasteiger partial charge is 0.378 e. The molecule has 170 valence electrons. The molecule has 2 N–H and O–H groups in total. The van der Waals surface area contributed by atoms with E-state index >= 15 is 0 Å². The van der Waals surface area contributed by atoms with E-state index in [4.69, 9.17) is 4.74 Å². The monoisotopic (exact) mass is 449 g/mol. The Bertz CT molecular complexity index is 1310. The molecular weight excluding hydrogens is 425 g/mol. The summed E-state index contributed by atoms with van der Waals surface area (Å²) in [6.45, 7) is 2.63. The number of halogens is 1. The molecule has 2 saturated heterocycles. The van der Waals surface area contributed by atoms with Crippen molar-refractivity contribution in [2.75, 3.05) is 44.0 Å². The van der Waals surface area contributed by atoms with Gasteiger partial charge in [0.1, 0.15) is 17.2 Å². The molecule has 0 aromatic carbocycles. The molecule has 2 aliphatic heterocycles. The molecule has 2 aliphatic rings. The first-order valence-corrected chi connectivity index (χ1v) is 11.1. The summed E-state index contributed by atoms with van der Waals surface area (Å²) >= 11 is 0. The van der Waals surface area contributed by atoms with Gasteiger partial charge in [-0.3, -0.25) is 9.88 Å². The second kappa shape index (κ2) is 8.16. The quantitative estimate of drug-likeness (QED) is 0.473. The van der Waals surface area contributed by atoms with Crippen LogP contribution in [0.4, 0.5) is 16.2 Å². The van der Waals surface area contributed by atoms with Gasteiger partial charge in [0.05, 0.1) is 31.0 Å². The van der Waals surface area contributed by atoms with Crippen LogP contribution in [0.5, 0.6) is 0 Å². The highest BCUT2D eigenvalue weighted by Crippen LogP contribution is 2.30. The molecule has 0 bridgehead atoms. The maximum absolute atomic E-state index is 14.9. The Morgan fingerprint density at radius 3 is 2.79 bits per heavy atom. The van der Waals surface area contributed by atoms with Gasteiger partial charge < -0.3 is 15.4 Å². The zero-order chi connectivity index (χ0) is 22.4. The van der Waals surface area contributed by atoms with Gasteiger partial charge in [0.15, 0.2) is 11.5 Å². The number of pyridine rings is 1. The molecule has 33 heavy (non-hydrogen) atoms. The van der Waals surface area contributed by atoms with Crippen molar-refractivity contribution in [3.05, 3.63) is 36.8 Å². The van der Waals surface area contributed by atoms with Crippen LogP contribution in [0.3, 0.4) is 0 Å². The van der Waals surface area contributed by atoms with Crippen molar-refractivity contribution in [3.63, 3.8) is 0 Å². The van der Waals surface area contributed by atoms with Crippen LogP contribution in [0.2, 0.25) is 0 Å². The summed E-state index contributed by atoms with van der Waals surface area (Å²) in [6, 6.07) is 5.76. The van der Waals surface area contributed by atoms with E-state index in [2.05, 4.69) is 40.6 Å². The van der Waals surface area contributed by atoms with E-state index in [0.717, 1.165) is 28.8 Å². The van der Waals surface area contributed by atoms with Crippen LogP contribution in [-0.2, 0) is 4.74 Å². The molecule has 0 radical (unpaired) electrons. The van der Waals surface area contributed by atoms with Crippen molar-refractivity contribution in [1.29, 1.82) is 0 Å². The number of anilines is 2. The smallest absolute Gasteiger partial charge is 0.243 e. The highest BCUT2D eigenvalue weighted by atomic mass is 19.1. The Balaban J connectivity index is 1.28. The number of hydrogen-bond donors (Lipinski definition) is 2. The first kappa shape index (κ1) is 20.2. The lowest BCUT2D eigenvalue weighted by Gasteiger charge is -2.42. The maximum Gasteiger partial charge on any atom is 0.243 e. The molecule has 2 fully saturated rings. The molecule has 2 atom stereocenters. The van der Waals surface area contributed by atoms with Crippen molar-refractivity contribution < 1.29 is 9.13 Å². The third kappa shape index (κ3) is 3.62. The second-order valence-corrected chi connectivity index (χ2v) is 8.39. The summed E-state index contributed by atoms with van der Waals surface area (Å²) in [4.78, 5) is 20.1. The van der Waals surface area contributed by atoms with E-state index in [1.165, 1.54) is 0 Å². The van der Waals surface area contributed by atoms with Crippen LogP contribution >= 0.6 is 0 Å². The molecule has 4 aromatic heterocycles. The standard InChI is InChI=1S/C22H24FN9O/c1-24-21-19-14(16-2-3-18-20(27-16)26-7-6-25-18)4-9-32(19)30-22(29-21)28-17-5-8-31(10-15(17)23)13-11-33-12-13/h2-4,6-7,9,13,15,17H,5,8,10-12H2,1H3,(H2,24,28,29,30)/t15-,17-/m0/s1. The predicted molar refractivity (Wildman–Crippen MR) is 122 cm³/mol. The van der Waals surface area contributed by atoms with Gasteiger partial charge in [-0.25, -0.2) is 18.9 Å². The third-order valence-electron chi connectivity index (χ3n) is 6.38. The van der Waals surface area contributed by atoms with Crippen LogP contribution in [0, 0.1) is 0 Å². The van der Waals surface area contributed by atoms with E-state index in [1.54, 1.807) is 24.0 Å². The van der Waals surface area contributed by atoms with Crippen molar-refractivity contribution in [3.8, 4) is 11.3 Å². The molecule has 6 rings (SSSR count). The molecule has 0 saturated carbocycles. The van der Waals surface area contributed by atoms with E-state index in [1.807, 2.05) is 24.4 Å². The molecule has 10 nitrogen and oxygen atoms in total. The lowest BCUT2D eigenvalue weighted by atomic mass is 10.0. The molecule has 6 heterocycles. The molecule has 0 unspecified atom stereocenters. The van der Waals surface area contributed by atoms with Crippen LogP contribution in [-0.4, -0.2) is 86.1 Å². The first-order chi connectivity index (χ1) is 16.2. The average Bonchev–Trinajstić information content (AvgIpc) is 3.23. The number of rotatable bonds is 5. The van der Waals surface area contributed by atoms with Crippen molar-refractivity contribution in [2.24, 2.45) is 0 Å². The highest BCUT2D eigenvalue weighted by molar-refractivity contribution is 5.89. The minimum Gasteiger partial charge on any atom is -0.378 e. The van der Waals surface area contributed by atoms with Gasteiger partial charge in [-0.1, -0.05) is 0 Å². The fraction of sp³-hybridized carbons (Fsp3) is 0.409. The van der Waals surface area contributed by atoms with Crippen molar-refractivity contribution >= 4 is 28.4 Å². The van der Waals surface area contributed by atoms with Gasteiger partial charge in [0, 0.05) is 44.3 Å². The van der Waals surface area contributed by atoms with E-state index in [0.29, 0.717) is 49.6 Å². The minimum absolute atomic E-state index is 0.333. The highest BCUT2D eigenvalue weighted by Gasteiger charge is 2.35. The van der Waals surface area contributed by atoms with Gasteiger partial charge in [0.25, 0.3) is 0 Å². The summed E-state index contributed by atoms with van der Waals surface area (Å²) in [5.41, 5.74) is 3.72. The number of alkyl halides is 1. The number of fused-ring (bicyclic) bond motifs is 2. The lowest BCUT2D eigenvalue weighted by molar-refractivity contribution is -0.0794. The summed E-state index contributed by atoms with van der Waals surface area (Å²) in [5.74, 6) is 1.02. The number of piperidine rings is 1. The zero-order valence-electron chi connectivity index (χ0n) is 18.1. The fourth-order valence-corrected chi connectivity index (χ4v) is 4.49. The lowest BCUT2D eigenvalue weighted by Crippen LogP contribution is -2.57. The maximum atomic E-state index is 14.9. The summed E-state index contributed by atoms with van der Waals surface area (Å²) in [6.07, 6.45) is 4.81. The zero-order valence-corrected chi connectivity index (χ0v) is 18.1. The predicted octanol–water partition coefficient (Wildman–Crippen LogP) is 2.00. The van der Waals surface area contributed by atoms with Crippen LogP contribution in [0.25, 0.3) is 27.9 Å². The normalized spacial score (nSPS) is 21.9. The SMILES string of the molecule is CNc1nc(N[C@H]2CCN(C3COC3)C[C@@H]2F)nn2ccc(-c3ccc4nccnc4n3)c12. The van der Waals surface area contributed by atoms with Crippen LogP contribution in [0.1, 0.15) is 6.42 Å². The number of hydrogen-bond acceptors (Lipinski definition) is 9. The third-order valence-corrected chi connectivity index (χ3v) is 6.38. The number of likely N-dealkylation sites (tertiary alicyclic amines) is 1. The van der Waals surface area contributed by atoms with Crippen molar-refractivity contribution in [2.45, 2.75) is 24.7 Å². The molecule has 0 amide bonds. The Morgan fingerprint density at radius 1 is 1.12 bits per heavy atom. The summed E-state index contributed by atoms with van der Waals surface area (Å²) < 4.78 is 21.9. The molecular formula is C22H24FN9O. The Morgan fingerprint density at radius 2 is 2.00 bits per heavy atom. The van der Waals surface area contributed by atoms with Gasteiger partial charge in [-0.05, 0) is 24.6 Å². The van der Waals surface area contributed by atoms with Crippen LogP contribution < -0.4 is 10.6 Å². The van der Waals surface area contributed by atoms with E-state index in [9.17, 15) is 4.39 Å². The van der Waals surface area contributed by atoms with Gasteiger partial charge >= 0.3 is 0 Å². The fourth-order valence-electron chi connectivity index (χ4n) is 4.49. The molecule has 4 aromatic rings. The second-order valence-electron chi connectivity index (χ2n) is 8.39. The van der Waals surface area contributed by atoms with Gasteiger partial charge in [0.2, 0.25) is 5.95 Å². The number of ether oxygens (including phenoxy) is 1. The molecule has 11 heteroatoms. The Hall–Kier alpha value is -3.44. The van der Waals surface area contributed by atoms with E-state index < -0.39 is 6.17 Å². The van der Waals surface area contributed by atoms with Crippen LogP contribution in [0.15, 0.2) is 36.8 Å². The Kier molecular flexibility index (Phi) is 4.99. The number of aromatic nitrogens is 6. The molecule has 0 aliphatic carbocycles. The number of nitrogens with zero attached hydrogens (tertiary/aromatic N) is 7. The number of nitrogens with one attached hydrogen (secondary N) is 2. The topological polar surface area (TPSA) is 105 Å².